The van der Waals surface area contributed by atoms with Crippen LogP contribution >= 0.6 is 15.9 Å². The number of amides is 1. The van der Waals surface area contributed by atoms with Crippen molar-refractivity contribution in [1.29, 1.82) is 0 Å². The molecule has 1 spiro atoms. The van der Waals surface area contributed by atoms with Gasteiger partial charge in [0, 0.05) is 33.0 Å². The minimum Gasteiger partial charge on any atom is -0.464 e. The number of esters is 1. The Morgan fingerprint density at radius 1 is 1.31 bits per heavy atom. The van der Waals surface area contributed by atoms with Crippen LogP contribution < -0.4 is 5.73 Å². The molecule has 36 heavy (non-hydrogen) atoms. The van der Waals surface area contributed by atoms with Crippen molar-refractivity contribution >= 4 is 45.7 Å². The van der Waals surface area contributed by atoms with Crippen molar-refractivity contribution in [3.63, 3.8) is 0 Å². The molecule has 0 aromatic heterocycles. The van der Waals surface area contributed by atoms with E-state index in [4.69, 9.17) is 15.2 Å². The summed E-state index contributed by atoms with van der Waals surface area (Å²) in [5.74, 6) is -1.57. The maximum atomic E-state index is 13.7. The Morgan fingerprint density at radius 3 is 2.47 bits per heavy atom. The third kappa shape index (κ3) is 5.71. The number of nitrogens with two attached hydrogens (primary N) is 1. The van der Waals surface area contributed by atoms with Gasteiger partial charge in [0.2, 0.25) is 6.04 Å². The zero-order chi connectivity index (χ0) is 27.0. The fourth-order valence-corrected chi connectivity index (χ4v) is 4.92. The fourth-order valence-electron chi connectivity index (χ4n) is 4.46. The lowest BCUT2D eigenvalue weighted by Gasteiger charge is -2.32. The van der Waals surface area contributed by atoms with Gasteiger partial charge < -0.3 is 15.2 Å². The SMILES string of the molecule is CCOC(=O)C(N=Cc1c(C(F)F)cc(Br)c(C)c1N)C(=O)C1CCC2(CC2)N1C(=O)OC(C)(C)C. The van der Waals surface area contributed by atoms with Gasteiger partial charge in [-0.1, -0.05) is 15.9 Å². The van der Waals surface area contributed by atoms with E-state index in [9.17, 15) is 23.2 Å². The van der Waals surface area contributed by atoms with E-state index in [1.54, 1.807) is 34.6 Å². The molecule has 1 aromatic carbocycles. The monoisotopic (exact) mass is 571 g/mol. The van der Waals surface area contributed by atoms with Crippen LogP contribution in [0.1, 0.15) is 76.5 Å². The number of ether oxygens (including phenoxy) is 2. The number of hydrogen-bond donors (Lipinski definition) is 1. The van der Waals surface area contributed by atoms with E-state index in [0.717, 1.165) is 19.1 Å². The van der Waals surface area contributed by atoms with Crippen LogP contribution in [0.4, 0.5) is 19.3 Å². The Kier molecular flexibility index (Phi) is 8.12. The molecular weight excluding hydrogens is 540 g/mol. The smallest absolute Gasteiger partial charge is 0.411 e. The molecule has 1 heterocycles. The van der Waals surface area contributed by atoms with E-state index in [1.807, 2.05) is 0 Å². The van der Waals surface area contributed by atoms with Crippen LogP contribution in [0.2, 0.25) is 0 Å². The van der Waals surface area contributed by atoms with Crippen molar-refractivity contribution in [3.8, 4) is 0 Å². The second-order valence-electron chi connectivity index (χ2n) is 10.2. The second kappa shape index (κ2) is 10.4. The highest BCUT2D eigenvalue weighted by Gasteiger charge is 2.60. The minimum absolute atomic E-state index is 0.00959. The van der Waals surface area contributed by atoms with E-state index in [2.05, 4.69) is 20.9 Å². The summed E-state index contributed by atoms with van der Waals surface area (Å²) in [6.07, 6.45) is -0.0762. The molecule has 2 unspecified atom stereocenters. The Balaban J connectivity index is 1.99. The molecule has 11 heteroatoms. The topological polar surface area (TPSA) is 111 Å². The number of rotatable bonds is 7. The van der Waals surface area contributed by atoms with E-state index < -0.39 is 53.1 Å². The molecule has 2 N–H and O–H groups in total. The highest BCUT2D eigenvalue weighted by molar-refractivity contribution is 9.10. The van der Waals surface area contributed by atoms with Crippen LogP contribution in [-0.4, -0.2) is 58.8 Å². The standard InChI is InChI=1S/C25H32BrF2N3O5/c1-6-35-22(33)19(30-12-15-14(21(27)28)11-16(26)13(2)18(15)29)20(32)17-7-8-25(9-10-25)31(17)23(34)36-24(3,4)5/h11-12,17,19,21H,6-10,29H2,1-5H3. The van der Waals surface area contributed by atoms with Gasteiger partial charge in [0.05, 0.1) is 12.6 Å². The van der Waals surface area contributed by atoms with Crippen molar-refractivity contribution in [3.05, 3.63) is 27.2 Å². The minimum atomic E-state index is -2.87. The Hall–Kier alpha value is -2.56. The van der Waals surface area contributed by atoms with Crippen molar-refractivity contribution in [2.75, 3.05) is 12.3 Å². The second-order valence-corrected chi connectivity index (χ2v) is 11.0. The van der Waals surface area contributed by atoms with Crippen molar-refractivity contribution in [2.24, 2.45) is 4.99 Å². The van der Waals surface area contributed by atoms with Gasteiger partial charge in [0.1, 0.15) is 5.60 Å². The summed E-state index contributed by atoms with van der Waals surface area (Å²) in [4.78, 5) is 45.0. The van der Waals surface area contributed by atoms with Crippen molar-refractivity contribution in [2.45, 2.75) is 90.0 Å². The number of Topliss-reactive ketones (excluding diaryl/α,β-unsaturated/α-hetero) is 1. The largest absolute Gasteiger partial charge is 0.464 e. The lowest BCUT2D eigenvalue weighted by atomic mass is 10.0. The first kappa shape index (κ1) is 28.0. The predicted molar refractivity (Wildman–Crippen MR) is 134 cm³/mol. The van der Waals surface area contributed by atoms with Crippen LogP contribution in [0.15, 0.2) is 15.5 Å². The highest BCUT2D eigenvalue weighted by Crippen LogP contribution is 2.52. The molecule has 2 aliphatic rings. The summed E-state index contributed by atoms with van der Waals surface area (Å²) in [7, 11) is 0. The molecule has 1 aliphatic heterocycles. The number of carbonyl (C=O) groups excluding carboxylic acids is 3. The number of anilines is 1. The summed E-state index contributed by atoms with van der Waals surface area (Å²) in [6, 6.07) is -1.37. The summed E-state index contributed by atoms with van der Waals surface area (Å²) in [6.45, 7) is 8.41. The van der Waals surface area contributed by atoms with Crippen molar-refractivity contribution < 1.29 is 32.6 Å². The molecule has 0 radical (unpaired) electrons. The molecular formula is C25H32BrF2N3O5. The summed E-state index contributed by atoms with van der Waals surface area (Å²) >= 11 is 3.21. The average Bonchev–Trinajstić information content (AvgIpc) is 3.43. The first-order valence-corrected chi connectivity index (χ1v) is 12.6. The first-order chi connectivity index (χ1) is 16.7. The fraction of sp³-hybridized carbons (Fsp3) is 0.600. The Labute approximate surface area is 217 Å². The average molecular weight is 572 g/mol. The van der Waals surface area contributed by atoms with Crippen LogP contribution in [0.5, 0.6) is 0 Å². The molecule has 2 fully saturated rings. The number of aliphatic imine (C=N–C) groups is 1. The molecule has 2 atom stereocenters. The van der Waals surface area contributed by atoms with E-state index in [0.29, 0.717) is 22.9 Å². The Bertz CT molecular complexity index is 1080. The number of benzene rings is 1. The number of nitrogen functional groups attached to an aromatic ring is 1. The molecule has 1 aliphatic carbocycles. The van der Waals surface area contributed by atoms with Crippen LogP contribution in [-0.2, 0) is 19.1 Å². The molecule has 1 saturated heterocycles. The molecule has 3 rings (SSSR count). The summed E-state index contributed by atoms with van der Waals surface area (Å²) in [5, 5.41) is 0. The number of halogens is 3. The summed E-state index contributed by atoms with van der Waals surface area (Å²) in [5.41, 5.74) is 4.93. The third-order valence-corrected chi connectivity index (χ3v) is 7.29. The van der Waals surface area contributed by atoms with Gasteiger partial charge in [0.15, 0.2) is 5.78 Å². The van der Waals surface area contributed by atoms with E-state index >= 15 is 0 Å². The maximum absolute atomic E-state index is 13.7. The van der Waals surface area contributed by atoms with Crippen molar-refractivity contribution in [1.82, 2.24) is 4.90 Å². The van der Waals surface area contributed by atoms with Gasteiger partial charge in [-0.2, -0.15) is 0 Å². The van der Waals surface area contributed by atoms with Crippen LogP contribution in [0.25, 0.3) is 0 Å². The van der Waals surface area contributed by atoms with E-state index in [-0.39, 0.29) is 17.9 Å². The molecule has 1 saturated carbocycles. The van der Waals surface area contributed by atoms with Gasteiger partial charge in [-0.05, 0) is 71.9 Å². The molecule has 0 bridgehead atoms. The number of ketones is 1. The predicted octanol–water partition coefficient (Wildman–Crippen LogP) is 5.13. The number of carbonyl (C=O) groups is 3. The molecule has 198 valence electrons. The third-order valence-electron chi connectivity index (χ3n) is 6.46. The molecule has 8 nitrogen and oxygen atoms in total. The quantitative estimate of drug-likeness (QED) is 0.210. The zero-order valence-electron chi connectivity index (χ0n) is 21.1. The lowest BCUT2D eigenvalue weighted by molar-refractivity contribution is -0.148. The number of likely N-dealkylation sites (tertiary alicyclic amines) is 1. The first-order valence-electron chi connectivity index (χ1n) is 11.8. The normalized spacial score (nSPS) is 19.7. The Morgan fingerprint density at radius 2 is 1.94 bits per heavy atom. The van der Waals surface area contributed by atoms with Gasteiger partial charge in [-0.15, -0.1) is 0 Å². The van der Waals surface area contributed by atoms with Gasteiger partial charge in [0.25, 0.3) is 6.43 Å². The van der Waals surface area contributed by atoms with Gasteiger partial charge in [-0.25, -0.2) is 18.4 Å². The molecule has 1 amide bonds. The summed E-state index contributed by atoms with van der Waals surface area (Å²) < 4.78 is 38.5. The van der Waals surface area contributed by atoms with E-state index in [1.165, 1.54) is 11.0 Å². The number of alkyl halides is 2. The number of hydrogen-bond acceptors (Lipinski definition) is 7. The van der Waals surface area contributed by atoms with Gasteiger partial charge >= 0.3 is 12.1 Å². The maximum Gasteiger partial charge on any atom is 0.411 e. The van der Waals surface area contributed by atoms with Crippen LogP contribution in [0, 0.1) is 6.92 Å². The van der Waals surface area contributed by atoms with Gasteiger partial charge in [-0.3, -0.25) is 14.7 Å². The molecule has 1 aromatic rings. The zero-order valence-corrected chi connectivity index (χ0v) is 22.7. The number of nitrogens with zero attached hydrogens (tertiary/aromatic N) is 2. The highest BCUT2D eigenvalue weighted by atomic mass is 79.9. The lowest BCUT2D eigenvalue weighted by Crippen LogP contribution is -2.51. The van der Waals surface area contributed by atoms with Crippen LogP contribution in [0.3, 0.4) is 0 Å².